The predicted molar refractivity (Wildman–Crippen MR) is 87.6 cm³/mol. The highest BCUT2D eigenvalue weighted by Crippen LogP contribution is 2.24. The standard InChI is InChI=1S/C17H24F2N2O4/c18-13-7-11(21-3-5-25-6-4-21)8-14(19)12(13)1-2-20-9-15(22)17(24)16(23)10-20/h7-8,15-17,22-24H,1-6,9-10H2/t15-,16+,17+. The van der Waals surface area contributed by atoms with Gasteiger partial charge in [-0.3, -0.25) is 4.90 Å². The third-order valence-corrected chi connectivity index (χ3v) is 4.86. The largest absolute Gasteiger partial charge is 0.389 e. The molecular weight excluding hydrogens is 334 g/mol. The molecule has 0 spiro atoms. The van der Waals surface area contributed by atoms with Gasteiger partial charge in [-0.2, -0.15) is 0 Å². The van der Waals surface area contributed by atoms with Gasteiger partial charge in [-0.25, -0.2) is 8.78 Å². The van der Waals surface area contributed by atoms with Crippen molar-refractivity contribution in [1.29, 1.82) is 0 Å². The number of aliphatic hydroxyl groups excluding tert-OH is 3. The van der Waals surface area contributed by atoms with Gasteiger partial charge < -0.3 is 25.0 Å². The lowest BCUT2D eigenvalue weighted by Gasteiger charge is -2.36. The molecule has 2 heterocycles. The lowest BCUT2D eigenvalue weighted by Crippen LogP contribution is -2.55. The molecule has 2 aliphatic heterocycles. The molecule has 0 unspecified atom stereocenters. The van der Waals surface area contributed by atoms with Crippen LogP contribution in [0.2, 0.25) is 0 Å². The Morgan fingerprint density at radius 3 is 2.12 bits per heavy atom. The number of likely N-dealkylation sites (tertiary alicyclic amines) is 1. The normalized spacial score (nSPS) is 28.4. The first-order chi connectivity index (χ1) is 12.0. The van der Waals surface area contributed by atoms with Crippen LogP contribution in [0.1, 0.15) is 5.56 Å². The van der Waals surface area contributed by atoms with Crippen molar-refractivity contribution in [3.05, 3.63) is 29.3 Å². The zero-order chi connectivity index (χ0) is 18.0. The number of nitrogens with zero attached hydrogens (tertiary/aromatic N) is 2. The van der Waals surface area contributed by atoms with E-state index in [1.165, 1.54) is 12.1 Å². The molecule has 25 heavy (non-hydrogen) atoms. The molecule has 0 aromatic heterocycles. The van der Waals surface area contributed by atoms with Crippen molar-refractivity contribution >= 4 is 5.69 Å². The Labute approximate surface area is 145 Å². The summed E-state index contributed by atoms with van der Waals surface area (Å²) in [6, 6.07) is 2.68. The maximum Gasteiger partial charge on any atom is 0.131 e. The van der Waals surface area contributed by atoms with Crippen LogP contribution >= 0.6 is 0 Å². The first-order valence-electron chi connectivity index (χ1n) is 8.53. The molecule has 3 N–H and O–H groups in total. The van der Waals surface area contributed by atoms with Crippen molar-refractivity contribution in [3.63, 3.8) is 0 Å². The number of β-amino-alcohol motifs (C(OH)–C–C–N with tert-alkyl or cyclic N) is 2. The quantitative estimate of drug-likeness (QED) is 0.689. The van der Waals surface area contributed by atoms with Gasteiger partial charge in [0.15, 0.2) is 0 Å². The average molecular weight is 358 g/mol. The number of anilines is 1. The minimum atomic E-state index is -1.18. The first-order valence-corrected chi connectivity index (χ1v) is 8.53. The topological polar surface area (TPSA) is 76.4 Å². The Kier molecular flexibility index (Phi) is 5.85. The lowest BCUT2D eigenvalue weighted by atomic mass is 10.0. The van der Waals surface area contributed by atoms with Gasteiger partial charge in [0, 0.05) is 44.0 Å². The molecule has 2 fully saturated rings. The number of morpholine rings is 1. The molecule has 6 nitrogen and oxygen atoms in total. The molecular formula is C17H24F2N2O4. The second-order valence-corrected chi connectivity index (χ2v) is 6.62. The summed E-state index contributed by atoms with van der Waals surface area (Å²) in [5.74, 6) is -1.20. The molecule has 140 valence electrons. The monoisotopic (exact) mass is 358 g/mol. The summed E-state index contributed by atoms with van der Waals surface area (Å²) in [6.07, 6.45) is -3.20. The van der Waals surface area contributed by atoms with Crippen LogP contribution in [0.25, 0.3) is 0 Å². The Bertz CT molecular complexity index is 563. The van der Waals surface area contributed by atoms with E-state index in [0.29, 0.717) is 32.0 Å². The van der Waals surface area contributed by atoms with Crippen LogP contribution in [0.15, 0.2) is 12.1 Å². The van der Waals surface area contributed by atoms with Crippen LogP contribution < -0.4 is 4.90 Å². The summed E-state index contributed by atoms with van der Waals surface area (Å²) in [5.41, 5.74) is 0.501. The number of piperidine rings is 1. The highest BCUT2D eigenvalue weighted by molar-refractivity contribution is 5.49. The van der Waals surface area contributed by atoms with Crippen molar-refractivity contribution in [2.24, 2.45) is 0 Å². The number of benzene rings is 1. The Balaban J connectivity index is 1.64. The van der Waals surface area contributed by atoms with E-state index in [2.05, 4.69) is 0 Å². The lowest BCUT2D eigenvalue weighted by molar-refractivity contribution is -0.109. The highest BCUT2D eigenvalue weighted by Gasteiger charge is 2.33. The fourth-order valence-corrected chi connectivity index (χ4v) is 3.36. The predicted octanol–water partition coefficient (Wildman–Crippen LogP) is -0.258. The van der Waals surface area contributed by atoms with Gasteiger partial charge in [0.1, 0.15) is 17.7 Å². The molecule has 3 rings (SSSR count). The van der Waals surface area contributed by atoms with Crippen molar-refractivity contribution < 1.29 is 28.8 Å². The summed E-state index contributed by atoms with van der Waals surface area (Å²) in [5, 5.41) is 28.9. The first kappa shape index (κ1) is 18.5. The Hall–Kier alpha value is -1.32. The van der Waals surface area contributed by atoms with Gasteiger partial charge in [-0.05, 0) is 18.6 Å². The van der Waals surface area contributed by atoms with Crippen LogP contribution in [0.5, 0.6) is 0 Å². The van der Waals surface area contributed by atoms with E-state index >= 15 is 0 Å². The Morgan fingerprint density at radius 1 is 1.00 bits per heavy atom. The molecule has 0 amide bonds. The van der Waals surface area contributed by atoms with Crippen molar-refractivity contribution in [2.45, 2.75) is 24.7 Å². The molecule has 8 heteroatoms. The minimum absolute atomic E-state index is 0.00730. The summed E-state index contributed by atoms with van der Waals surface area (Å²) in [4.78, 5) is 3.58. The maximum absolute atomic E-state index is 14.4. The third-order valence-electron chi connectivity index (χ3n) is 4.86. The molecule has 0 aliphatic carbocycles. The van der Waals surface area contributed by atoms with Gasteiger partial charge in [0.25, 0.3) is 0 Å². The smallest absolute Gasteiger partial charge is 0.131 e. The zero-order valence-corrected chi connectivity index (χ0v) is 13.9. The molecule has 3 atom stereocenters. The minimum Gasteiger partial charge on any atom is -0.389 e. The average Bonchev–Trinajstić information content (AvgIpc) is 2.59. The second-order valence-electron chi connectivity index (χ2n) is 6.62. The van der Waals surface area contributed by atoms with Crippen molar-refractivity contribution in [2.75, 3.05) is 50.8 Å². The van der Waals surface area contributed by atoms with Gasteiger partial charge >= 0.3 is 0 Å². The number of hydrogen-bond donors (Lipinski definition) is 3. The van der Waals surface area contributed by atoms with Gasteiger partial charge in [0.2, 0.25) is 0 Å². The van der Waals surface area contributed by atoms with E-state index in [-0.39, 0.29) is 31.6 Å². The summed E-state index contributed by atoms with van der Waals surface area (Å²) in [7, 11) is 0. The van der Waals surface area contributed by atoms with Crippen molar-refractivity contribution in [3.8, 4) is 0 Å². The van der Waals surface area contributed by atoms with E-state index in [4.69, 9.17) is 4.74 Å². The van der Waals surface area contributed by atoms with E-state index in [9.17, 15) is 24.1 Å². The van der Waals surface area contributed by atoms with Crippen LogP contribution in [-0.2, 0) is 11.2 Å². The van der Waals surface area contributed by atoms with E-state index in [0.717, 1.165) is 0 Å². The fourth-order valence-electron chi connectivity index (χ4n) is 3.36. The van der Waals surface area contributed by atoms with E-state index in [1.54, 1.807) is 4.90 Å². The van der Waals surface area contributed by atoms with Crippen LogP contribution in [0, 0.1) is 11.6 Å². The number of aliphatic hydroxyl groups is 3. The SMILES string of the molecule is O[C@H]1[C@H](O)CN(CCc2c(F)cc(N3CCOCC3)cc2F)C[C@@H]1O. The van der Waals surface area contributed by atoms with Gasteiger partial charge in [0.05, 0.1) is 25.4 Å². The van der Waals surface area contributed by atoms with E-state index in [1.807, 2.05) is 4.90 Å². The number of rotatable bonds is 4. The van der Waals surface area contributed by atoms with Crippen LogP contribution in [0.3, 0.4) is 0 Å². The van der Waals surface area contributed by atoms with Gasteiger partial charge in [-0.1, -0.05) is 0 Å². The van der Waals surface area contributed by atoms with Crippen molar-refractivity contribution in [1.82, 2.24) is 4.90 Å². The molecule has 2 aliphatic rings. The molecule has 2 saturated heterocycles. The van der Waals surface area contributed by atoms with Crippen LogP contribution in [-0.4, -0.2) is 84.5 Å². The molecule has 1 aromatic carbocycles. The summed E-state index contributed by atoms with van der Waals surface area (Å²) >= 11 is 0. The fraction of sp³-hybridized carbons (Fsp3) is 0.647. The molecule has 0 bridgehead atoms. The van der Waals surface area contributed by atoms with E-state index < -0.39 is 29.9 Å². The summed E-state index contributed by atoms with van der Waals surface area (Å²) < 4.78 is 34.0. The van der Waals surface area contributed by atoms with Crippen LogP contribution in [0.4, 0.5) is 14.5 Å². The number of hydrogen-bond acceptors (Lipinski definition) is 6. The zero-order valence-electron chi connectivity index (χ0n) is 13.9. The Morgan fingerprint density at radius 2 is 1.56 bits per heavy atom. The molecule has 0 saturated carbocycles. The molecule has 0 radical (unpaired) electrons. The maximum atomic E-state index is 14.4. The summed E-state index contributed by atoms with van der Waals surface area (Å²) in [6.45, 7) is 2.88. The van der Waals surface area contributed by atoms with Gasteiger partial charge in [-0.15, -0.1) is 0 Å². The third kappa shape index (κ3) is 4.27. The highest BCUT2D eigenvalue weighted by atomic mass is 19.1. The number of ether oxygens (including phenoxy) is 1. The second kappa shape index (κ2) is 7.92. The molecule has 1 aromatic rings. The number of halogens is 2.